The van der Waals surface area contributed by atoms with Gasteiger partial charge in [0.1, 0.15) is 17.0 Å². The zero-order chi connectivity index (χ0) is 28.9. The molecule has 1 heterocycles. The van der Waals surface area contributed by atoms with Crippen molar-refractivity contribution < 1.29 is 9.47 Å². The van der Waals surface area contributed by atoms with Crippen molar-refractivity contribution in [2.75, 3.05) is 19.5 Å². The molecule has 4 heteroatoms. The smallest absolute Gasteiger partial charge is 0.118 e. The molecule has 0 radical (unpaired) electrons. The number of benzene rings is 5. The van der Waals surface area contributed by atoms with Crippen LogP contribution in [0.5, 0.6) is 11.5 Å². The number of nitrogens with zero attached hydrogens (tertiary/aromatic N) is 1. The van der Waals surface area contributed by atoms with E-state index < -0.39 is 5.54 Å². The van der Waals surface area contributed by atoms with Crippen molar-refractivity contribution in [1.82, 2.24) is 0 Å². The van der Waals surface area contributed by atoms with Gasteiger partial charge in [0, 0.05) is 11.1 Å². The minimum atomic E-state index is -0.509. The van der Waals surface area contributed by atoms with E-state index in [4.69, 9.17) is 14.5 Å². The Hall–Kier alpha value is -4.83. The lowest BCUT2D eigenvalue weighted by Gasteiger charge is -2.42. The molecule has 1 atom stereocenters. The topological polar surface area (TPSA) is 42.8 Å². The summed E-state index contributed by atoms with van der Waals surface area (Å²) in [5, 5.41) is 4.15. The minimum absolute atomic E-state index is 0.509. The predicted octanol–water partition coefficient (Wildman–Crippen LogP) is 9.67. The van der Waals surface area contributed by atoms with E-state index in [0.29, 0.717) is 0 Å². The van der Waals surface area contributed by atoms with E-state index in [9.17, 15) is 0 Å². The lowest BCUT2D eigenvalue weighted by molar-refractivity contribution is 0.415. The standard InChI is InChI=1S/C38H36N2O2/c1-4-5-26-38(30-14-10-7-11-15-30)37(29-12-8-6-9-13-29)39-35-33(27-16-20-31(41-2)21-17-27)24-25-34(36(35)40-38)28-18-22-32(42-3)23-19-28/h6-25,40H,4-5,26H2,1-3H3. The zero-order valence-corrected chi connectivity index (χ0v) is 24.4. The molecule has 210 valence electrons. The van der Waals surface area contributed by atoms with Gasteiger partial charge in [-0.3, -0.25) is 0 Å². The first-order valence-corrected chi connectivity index (χ1v) is 14.6. The third-order valence-corrected chi connectivity index (χ3v) is 8.17. The number of rotatable bonds is 9. The van der Waals surface area contributed by atoms with E-state index in [2.05, 4.69) is 109 Å². The third kappa shape index (κ3) is 5.05. The molecule has 0 saturated carbocycles. The Morgan fingerprint density at radius 3 is 1.74 bits per heavy atom. The largest absolute Gasteiger partial charge is 0.497 e. The van der Waals surface area contributed by atoms with Crippen LogP contribution in [0.3, 0.4) is 0 Å². The SMILES string of the molecule is CCCCC1(c2ccccc2)Nc2c(-c3ccc(OC)cc3)ccc(-c3ccc(OC)cc3)c2N=C1c1ccccc1. The van der Waals surface area contributed by atoms with E-state index in [-0.39, 0.29) is 0 Å². The maximum Gasteiger partial charge on any atom is 0.118 e. The van der Waals surface area contributed by atoms with Gasteiger partial charge in [-0.25, -0.2) is 4.99 Å². The predicted molar refractivity (Wildman–Crippen MR) is 174 cm³/mol. The Kier molecular flexibility index (Phi) is 7.78. The summed E-state index contributed by atoms with van der Waals surface area (Å²) in [7, 11) is 3.39. The highest BCUT2D eigenvalue weighted by Gasteiger charge is 2.42. The van der Waals surface area contributed by atoms with Crippen molar-refractivity contribution >= 4 is 17.1 Å². The Balaban J connectivity index is 1.66. The first kappa shape index (κ1) is 27.3. The number of hydrogen-bond donors (Lipinski definition) is 1. The summed E-state index contributed by atoms with van der Waals surface area (Å²) in [6.45, 7) is 2.25. The van der Waals surface area contributed by atoms with Gasteiger partial charge in [-0.1, -0.05) is 117 Å². The van der Waals surface area contributed by atoms with Gasteiger partial charge in [0.15, 0.2) is 0 Å². The number of methoxy groups -OCH3 is 2. The summed E-state index contributed by atoms with van der Waals surface area (Å²) in [4.78, 5) is 5.64. The highest BCUT2D eigenvalue weighted by molar-refractivity contribution is 6.15. The number of ether oxygens (including phenoxy) is 2. The third-order valence-electron chi connectivity index (χ3n) is 8.17. The first-order valence-electron chi connectivity index (χ1n) is 14.6. The van der Waals surface area contributed by atoms with Crippen LogP contribution in [0.15, 0.2) is 126 Å². The fourth-order valence-corrected chi connectivity index (χ4v) is 5.93. The van der Waals surface area contributed by atoms with Gasteiger partial charge in [0.2, 0.25) is 0 Å². The molecule has 1 unspecified atom stereocenters. The summed E-state index contributed by atoms with van der Waals surface area (Å²) in [5.41, 5.74) is 9.21. The molecule has 0 bridgehead atoms. The average molecular weight is 553 g/mol. The van der Waals surface area contributed by atoms with Crippen molar-refractivity contribution in [2.24, 2.45) is 4.99 Å². The van der Waals surface area contributed by atoms with Crippen LogP contribution < -0.4 is 14.8 Å². The quantitative estimate of drug-likeness (QED) is 0.198. The van der Waals surface area contributed by atoms with Crippen molar-refractivity contribution in [2.45, 2.75) is 31.7 Å². The molecule has 0 aliphatic carbocycles. The number of anilines is 1. The van der Waals surface area contributed by atoms with Crippen LogP contribution in [0.4, 0.5) is 11.4 Å². The van der Waals surface area contributed by atoms with E-state index in [1.165, 1.54) is 5.56 Å². The highest BCUT2D eigenvalue weighted by Crippen LogP contribution is 2.51. The minimum Gasteiger partial charge on any atom is -0.497 e. The number of fused-ring (bicyclic) bond motifs is 1. The summed E-state index contributed by atoms with van der Waals surface area (Å²) in [6, 6.07) is 42.3. The molecule has 5 aromatic carbocycles. The summed E-state index contributed by atoms with van der Waals surface area (Å²) < 4.78 is 10.9. The molecule has 1 N–H and O–H groups in total. The molecule has 0 saturated heterocycles. The van der Waals surface area contributed by atoms with Gasteiger partial charge in [-0.2, -0.15) is 0 Å². The molecule has 42 heavy (non-hydrogen) atoms. The maximum atomic E-state index is 5.64. The number of aliphatic imine (C=N–C) groups is 1. The van der Waals surface area contributed by atoms with Gasteiger partial charge in [-0.15, -0.1) is 0 Å². The molecule has 5 aromatic rings. The second kappa shape index (κ2) is 12.0. The van der Waals surface area contributed by atoms with Crippen LogP contribution in [0, 0.1) is 0 Å². The van der Waals surface area contributed by atoms with Crippen LogP contribution in [-0.4, -0.2) is 19.9 Å². The van der Waals surface area contributed by atoms with E-state index >= 15 is 0 Å². The lowest BCUT2D eigenvalue weighted by atomic mass is 9.76. The molecule has 6 rings (SSSR count). The Morgan fingerprint density at radius 2 is 1.17 bits per heavy atom. The van der Waals surface area contributed by atoms with Crippen LogP contribution in [0.25, 0.3) is 22.3 Å². The Morgan fingerprint density at radius 1 is 0.619 bits per heavy atom. The van der Waals surface area contributed by atoms with Crippen molar-refractivity contribution in [3.63, 3.8) is 0 Å². The first-order chi connectivity index (χ1) is 20.7. The second-order valence-electron chi connectivity index (χ2n) is 10.7. The van der Waals surface area contributed by atoms with Gasteiger partial charge in [0.25, 0.3) is 0 Å². The lowest BCUT2D eigenvalue weighted by Crippen LogP contribution is -2.46. The van der Waals surface area contributed by atoms with Gasteiger partial charge >= 0.3 is 0 Å². The summed E-state index contributed by atoms with van der Waals surface area (Å²) >= 11 is 0. The van der Waals surface area contributed by atoms with E-state index in [1.807, 2.05) is 24.3 Å². The van der Waals surface area contributed by atoms with Crippen molar-refractivity contribution in [3.05, 3.63) is 132 Å². The summed E-state index contributed by atoms with van der Waals surface area (Å²) in [5.74, 6) is 1.66. The normalized spacial score (nSPS) is 15.7. The monoisotopic (exact) mass is 552 g/mol. The van der Waals surface area contributed by atoms with Crippen LogP contribution in [0.2, 0.25) is 0 Å². The van der Waals surface area contributed by atoms with E-state index in [1.54, 1.807) is 14.2 Å². The van der Waals surface area contributed by atoms with E-state index in [0.717, 1.165) is 75.7 Å². The fraction of sp³-hybridized carbons (Fsp3) is 0.184. The highest BCUT2D eigenvalue weighted by atomic mass is 16.5. The molecule has 1 aliphatic rings. The van der Waals surface area contributed by atoms with Gasteiger partial charge in [0.05, 0.1) is 31.3 Å². The molecule has 0 amide bonds. The molecular weight excluding hydrogens is 516 g/mol. The second-order valence-corrected chi connectivity index (χ2v) is 10.7. The molecule has 0 fully saturated rings. The number of nitrogens with one attached hydrogen (secondary N) is 1. The molecule has 0 aromatic heterocycles. The van der Waals surface area contributed by atoms with Crippen LogP contribution >= 0.6 is 0 Å². The molecule has 4 nitrogen and oxygen atoms in total. The summed E-state index contributed by atoms with van der Waals surface area (Å²) in [6.07, 6.45) is 3.05. The number of hydrogen-bond acceptors (Lipinski definition) is 4. The van der Waals surface area contributed by atoms with Crippen LogP contribution in [-0.2, 0) is 5.54 Å². The molecular formula is C38H36N2O2. The molecule has 0 spiro atoms. The Bertz CT molecular complexity index is 1680. The molecule has 1 aliphatic heterocycles. The van der Waals surface area contributed by atoms with Crippen molar-refractivity contribution in [1.29, 1.82) is 0 Å². The van der Waals surface area contributed by atoms with Gasteiger partial charge < -0.3 is 14.8 Å². The van der Waals surface area contributed by atoms with Crippen LogP contribution in [0.1, 0.15) is 37.3 Å². The van der Waals surface area contributed by atoms with Gasteiger partial charge in [-0.05, 0) is 52.9 Å². The van der Waals surface area contributed by atoms with Crippen molar-refractivity contribution in [3.8, 4) is 33.8 Å². The Labute approximate surface area is 248 Å². The maximum absolute atomic E-state index is 5.64. The number of unbranched alkanes of at least 4 members (excludes halogenated alkanes) is 1. The zero-order valence-electron chi connectivity index (χ0n) is 24.4. The fourth-order valence-electron chi connectivity index (χ4n) is 5.93. The average Bonchev–Trinajstić information content (AvgIpc) is 3.07.